The van der Waals surface area contributed by atoms with Gasteiger partial charge in [0.1, 0.15) is 18.3 Å². The first-order valence-electron chi connectivity index (χ1n) is 14.0. The largest absolute Gasteiger partial charge is 0.390 e. The van der Waals surface area contributed by atoms with Crippen LogP contribution in [0.25, 0.3) is 0 Å². The Morgan fingerprint density at radius 1 is 0.794 bits per heavy atom. The molecular weight excluding hydrogens is 434 g/mol. The van der Waals surface area contributed by atoms with E-state index in [1.807, 2.05) is 0 Å². The standard InChI is InChI=1S/C27H55NO6/c1-4-5-6-7-8-9-10-11-12-13-14-15-16-17-18-32-20-23(31-3)21-33-27-22(2)25(29)26(30)24(19-28)34-27/h22-27,29-30H,4-21,28H2,1-3H3/t22?,23?,24?,25-,26-,27-/m1/s1. The van der Waals surface area contributed by atoms with E-state index in [0.29, 0.717) is 13.2 Å². The van der Waals surface area contributed by atoms with Crippen molar-refractivity contribution < 1.29 is 29.2 Å². The van der Waals surface area contributed by atoms with E-state index < -0.39 is 24.6 Å². The van der Waals surface area contributed by atoms with E-state index in [1.165, 1.54) is 83.5 Å². The molecule has 0 amide bonds. The molecule has 1 fully saturated rings. The van der Waals surface area contributed by atoms with Gasteiger partial charge in [-0.05, 0) is 6.42 Å². The predicted molar refractivity (Wildman–Crippen MR) is 137 cm³/mol. The van der Waals surface area contributed by atoms with Crippen LogP contribution in [0.3, 0.4) is 0 Å². The lowest BCUT2D eigenvalue weighted by Gasteiger charge is -2.41. The first kappa shape index (κ1) is 31.7. The van der Waals surface area contributed by atoms with Crippen LogP contribution in [0, 0.1) is 5.92 Å². The Kier molecular flexibility index (Phi) is 19.5. The summed E-state index contributed by atoms with van der Waals surface area (Å²) in [6, 6.07) is 0. The van der Waals surface area contributed by atoms with Crippen LogP contribution in [-0.4, -0.2) is 74.4 Å². The third-order valence-electron chi connectivity index (χ3n) is 6.97. The van der Waals surface area contributed by atoms with Gasteiger partial charge in [-0.3, -0.25) is 0 Å². The molecular formula is C27H55NO6. The molecule has 204 valence electrons. The number of aliphatic hydroxyl groups excluding tert-OH is 2. The molecule has 7 heteroatoms. The summed E-state index contributed by atoms with van der Waals surface area (Å²) in [6.45, 7) is 5.68. The van der Waals surface area contributed by atoms with E-state index >= 15 is 0 Å². The SMILES string of the molecule is CCCCCCCCCCCCCCCCOCC(CO[C@@H]1OC(CN)[C@@H](O)[C@H](O)C1C)OC. The summed E-state index contributed by atoms with van der Waals surface area (Å²) in [7, 11) is 1.64. The molecule has 1 heterocycles. The van der Waals surface area contributed by atoms with Gasteiger partial charge in [0, 0.05) is 26.2 Å². The van der Waals surface area contributed by atoms with Crippen LogP contribution in [-0.2, 0) is 18.9 Å². The molecule has 0 saturated carbocycles. The van der Waals surface area contributed by atoms with Crippen molar-refractivity contribution in [2.24, 2.45) is 11.7 Å². The van der Waals surface area contributed by atoms with E-state index in [-0.39, 0.29) is 18.6 Å². The van der Waals surface area contributed by atoms with Gasteiger partial charge in [-0.25, -0.2) is 0 Å². The highest BCUT2D eigenvalue weighted by atomic mass is 16.7. The van der Waals surface area contributed by atoms with Gasteiger partial charge >= 0.3 is 0 Å². The number of hydrogen-bond donors (Lipinski definition) is 3. The van der Waals surface area contributed by atoms with E-state index in [2.05, 4.69) is 6.92 Å². The molecule has 1 aliphatic heterocycles. The van der Waals surface area contributed by atoms with Gasteiger partial charge in [0.25, 0.3) is 0 Å². The number of ether oxygens (including phenoxy) is 4. The number of rotatable bonds is 22. The number of aliphatic hydroxyl groups is 2. The molecule has 0 aliphatic carbocycles. The van der Waals surface area contributed by atoms with Crippen molar-refractivity contribution in [3.8, 4) is 0 Å². The van der Waals surface area contributed by atoms with Crippen LogP contribution >= 0.6 is 0 Å². The summed E-state index contributed by atoms with van der Waals surface area (Å²) < 4.78 is 22.8. The van der Waals surface area contributed by atoms with Crippen molar-refractivity contribution in [3.05, 3.63) is 0 Å². The lowest BCUT2D eigenvalue weighted by Crippen LogP contribution is -2.56. The second-order valence-corrected chi connectivity index (χ2v) is 9.98. The maximum Gasteiger partial charge on any atom is 0.163 e. The molecule has 0 aromatic carbocycles. The fourth-order valence-electron chi connectivity index (χ4n) is 4.45. The van der Waals surface area contributed by atoms with Crippen molar-refractivity contribution in [2.45, 2.75) is 134 Å². The van der Waals surface area contributed by atoms with Crippen molar-refractivity contribution in [1.82, 2.24) is 0 Å². The summed E-state index contributed by atoms with van der Waals surface area (Å²) in [5.74, 6) is -0.355. The highest BCUT2D eigenvalue weighted by molar-refractivity contribution is 4.87. The van der Waals surface area contributed by atoms with Crippen molar-refractivity contribution >= 4 is 0 Å². The lowest BCUT2D eigenvalue weighted by atomic mass is 9.92. The summed E-state index contributed by atoms with van der Waals surface area (Å²) in [4.78, 5) is 0. The molecule has 0 aromatic heterocycles. The van der Waals surface area contributed by atoms with E-state index in [9.17, 15) is 10.2 Å². The number of nitrogens with two attached hydrogens (primary N) is 1. The Bertz CT molecular complexity index is 453. The maximum atomic E-state index is 10.2. The molecule has 3 unspecified atom stereocenters. The zero-order valence-electron chi connectivity index (χ0n) is 22.3. The summed E-state index contributed by atoms with van der Waals surface area (Å²) in [5, 5.41) is 20.2. The first-order valence-corrected chi connectivity index (χ1v) is 14.0. The van der Waals surface area contributed by atoms with Crippen LogP contribution < -0.4 is 5.73 Å². The molecule has 7 nitrogen and oxygen atoms in total. The van der Waals surface area contributed by atoms with Crippen molar-refractivity contribution in [2.75, 3.05) is 33.5 Å². The quantitative estimate of drug-likeness (QED) is 0.192. The third kappa shape index (κ3) is 13.7. The number of methoxy groups -OCH3 is 1. The summed E-state index contributed by atoms with van der Waals surface area (Å²) in [6.07, 6.45) is 15.5. The van der Waals surface area contributed by atoms with Gasteiger partial charge in [-0.2, -0.15) is 0 Å². The van der Waals surface area contributed by atoms with Crippen LogP contribution in [0.2, 0.25) is 0 Å². The Morgan fingerprint density at radius 2 is 1.32 bits per heavy atom. The fourth-order valence-corrected chi connectivity index (χ4v) is 4.45. The molecule has 1 rings (SSSR count). The minimum atomic E-state index is -0.994. The fraction of sp³-hybridized carbons (Fsp3) is 1.00. The van der Waals surface area contributed by atoms with Crippen molar-refractivity contribution in [1.29, 1.82) is 0 Å². The topological polar surface area (TPSA) is 103 Å². The number of unbranched alkanes of at least 4 members (excludes halogenated alkanes) is 13. The zero-order chi connectivity index (χ0) is 25.0. The summed E-state index contributed by atoms with van der Waals surface area (Å²) in [5.41, 5.74) is 5.62. The second-order valence-electron chi connectivity index (χ2n) is 9.98. The highest BCUT2D eigenvalue weighted by Gasteiger charge is 2.42. The first-order chi connectivity index (χ1) is 16.5. The van der Waals surface area contributed by atoms with Crippen LogP contribution in [0.4, 0.5) is 0 Å². The average Bonchev–Trinajstić information content (AvgIpc) is 2.85. The molecule has 1 saturated heterocycles. The highest BCUT2D eigenvalue weighted by Crippen LogP contribution is 2.26. The molecule has 1 aliphatic rings. The zero-order valence-corrected chi connectivity index (χ0v) is 22.3. The van der Waals surface area contributed by atoms with E-state index in [0.717, 1.165) is 13.0 Å². The van der Waals surface area contributed by atoms with Crippen LogP contribution in [0.1, 0.15) is 104 Å². The van der Waals surface area contributed by atoms with E-state index in [1.54, 1.807) is 14.0 Å². The summed E-state index contributed by atoms with van der Waals surface area (Å²) >= 11 is 0. The molecule has 0 spiro atoms. The Labute approximate surface area is 209 Å². The van der Waals surface area contributed by atoms with Crippen molar-refractivity contribution in [3.63, 3.8) is 0 Å². The second kappa shape index (κ2) is 20.9. The van der Waals surface area contributed by atoms with Gasteiger partial charge in [-0.15, -0.1) is 0 Å². The molecule has 4 N–H and O–H groups in total. The Morgan fingerprint density at radius 3 is 1.82 bits per heavy atom. The van der Waals surface area contributed by atoms with Gasteiger partial charge < -0.3 is 34.9 Å². The van der Waals surface area contributed by atoms with Gasteiger partial charge in [-0.1, -0.05) is 97.3 Å². The molecule has 0 bridgehead atoms. The smallest absolute Gasteiger partial charge is 0.163 e. The normalized spacial score (nSPS) is 26.1. The number of hydrogen-bond acceptors (Lipinski definition) is 7. The molecule has 6 atom stereocenters. The molecule has 0 aromatic rings. The minimum absolute atomic E-state index is 0.126. The van der Waals surface area contributed by atoms with E-state index in [4.69, 9.17) is 24.7 Å². The van der Waals surface area contributed by atoms with Crippen LogP contribution in [0.5, 0.6) is 0 Å². The third-order valence-corrected chi connectivity index (χ3v) is 6.97. The lowest BCUT2D eigenvalue weighted by molar-refractivity contribution is -0.280. The van der Waals surface area contributed by atoms with Crippen LogP contribution in [0.15, 0.2) is 0 Å². The Balaban J connectivity index is 1.97. The molecule has 0 radical (unpaired) electrons. The molecule has 34 heavy (non-hydrogen) atoms. The Hall–Kier alpha value is -0.280. The van der Waals surface area contributed by atoms with Gasteiger partial charge in [0.15, 0.2) is 6.29 Å². The van der Waals surface area contributed by atoms with Gasteiger partial charge in [0.05, 0.1) is 19.3 Å². The average molecular weight is 490 g/mol. The van der Waals surface area contributed by atoms with Gasteiger partial charge in [0.2, 0.25) is 0 Å². The minimum Gasteiger partial charge on any atom is -0.390 e. The monoisotopic (exact) mass is 489 g/mol. The maximum absolute atomic E-state index is 10.2. The predicted octanol–water partition coefficient (Wildman–Crippen LogP) is 4.56.